The summed E-state index contributed by atoms with van der Waals surface area (Å²) >= 11 is 3.32. The number of amides is 1. The molecule has 6 heteroatoms. The van der Waals surface area contributed by atoms with Crippen LogP contribution in [0.4, 0.5) is 0 Å². The van der Waals surface area contributed by atoms with E-state index in [4.69, 9.17) is 4.42 Å². The van der Waals surface area contributed by atoms with Gasteiger partial charge in [0, 0.05) is 11.0 Å². The number of aromatic hydroxyl groups is 1. The van der Waals surface area contributed by atoms with E-state index in [0.717, 1.165) is 36.2 Å². The number of nitrogens with one attached hydrogen (secondary N) is 1. The minimum Gasteiger partial charge on any atom is -0.507 e. The standard InChI is InChI=1S/C18H21BrN2O3/c19-13-6-7-16(22)14(11-13)18(23)20-12-15(17-5-4-10-24-17)21-8-2-1-3-9-21/h4-7,10-11,15,22H,1-3,8-9,12H2,(H,20,23). The fourth-order valence-corrected chi connectivity index (χ4v) is 3.46. The molecule has 1 fully saturated rings. The Morgan fingerprint density at radius 1 is 1.29 bits per heavy atom. The van der Waals surface area contributed by atoms with Gasteiger partial charge < -0.3 is 14.8 Å². The first-order chi connectivity index (χ1) is 11.6. The molecule has 1 aromatic heterocycles. The molecular weight excluding hydrogens is 372 g/mol. The maximum atomic E-state index is 12.4. The normalized spacial score (nSPS) is 16.7. The van der Waals surface area contributed by atoms with Crippen molar-refractivity contribution in [2.45, 2.75) is 25.3 Å². The first kappa shape index (κ1) is 17.0. The molecular formula is C18H21BrN2O3. The number of nitrogens with zero attached hydrogens (tertiary/aromatic N) is 1. The summed E-state index contributed by atoms with van der Waals surface area (Å²) in [5.41, 5.74) is 0.265. The van der Waals surface area contributed by atoms with E-state index >= 15 is 0 Å². The first-order valence-corrected chi connectivity index (χ1v) is 8.98. The molecule has 0 spiro atoms. The van der Waals surface area contributed by atoms with Crippen LogP contribution in [0.25, 0.3) is 0 Å². The molecule has 2 aromatic rings. The molecule has 1 saturated heterocycles. The smallest absolute Gasteiger partial charge is 0.255 e. The van der Waals surface area contributed by atoms with Crippen LogP contribution in [-0.4, -0.2) is 35.5 Å². The van der Waals surface area contributed by atoms with Crippen LogP contribution in [0.2, 0.25) is 0 Å². The van der Waals surface area contributed by atoms with Gasteiger partial charge in [-0.3, -0.25) is 9.69 Å². The van der Waals surface area contributed by atoms with Gasteiger partial charge in [-0.25, -0.2) is 0 Å². The third kappa shape index (κ3) is 3.99. The maximum Gasteiger partial charge on any atom is 0.255 e. The van der Waals surface area contributed by atoms with E-state index in [1.807, 2.05) is 12.1 Å². The van der Waals surface area contributed by atoms with Crippen LogP contribution in [-0.2, 0) is 0 Å². The summed E-state index contributed by atoms with van der Waals surface area (Å²) in [6.07, 6.45) is 5.24. The van der Waals surface area contributed by atoms with Crippen LogP contribution in [0.5, 0.6) is 5.75 Å². The Kier molecular flexibility index (Phi) is 5.58. The predicted molar refractivity (Wildman–Crippen MR) is 95.0 cm³/mol. The van der Waals surface area contributed by atoms with E-state index in [1.54, 1.807) is 18.4 Å². The van der Waals surface area contributed by atoms with Crippen molar-refractivity contribution in [2.75, 3.05) is 19.6 Å². The highest BCUT2D eigenvalue weighted by Crippen LogP contribution is 2.25. The molecule has 2 heterocycles. The molecule has 1 atom stereocenters. The highest BCUT2D eigenvalue weighted by molar-refractivity contribution is 9.10. The van der Waals surface area contributed by atoms with Gasteiger partial charge in [0.15, 0.2) is 0 Å². The summed E-state index contributed by atoms with van der Waals surface area (Å²) in [7, 11) is 0. The largest absolute Gasteiger partial charge is 0.507 e. The lowest BCUT2D eigenvalue weighted by Gasteiger charge is -2.33. The minimum atomic E-state index is -0.289. The molecule has 0 radical (unpaired) electrons. The second-order valence-electron chi connectivity index (χ2n) is 6.00. The highest BCUT2D eigenvalue weighted by atomic mass is 79.9. The molecule has 1 aliphatic heterocycles. The van der Waals surface area contributed by atoms with Crippen LogP contribution < -0.4 is 5.32 Å². The van der Waals surface area contributed by atoms with E-state index in [9.17, 15) is 9.90 Å². The van der Waals surface area contributed by atoms with Gasteiger partial charge in [0.1, 0.15) is 11.5 Å². The number of likely N-dealkylation sites (tertiary alicyclic amines) is 1. The number of halogens is 1. The first-order valence-electron chi connectivity index (χ1n) is 8.19. The predicted octanol–water partition coefficient (Wildman–Crippen LogP) is 3.70. The summed E-state index contributed by atoms with van der Waals surface area (Å²) in [6.45, 7) is 2.45. The van der Waals surface area contributed by atoms with Crippen molar-refractivity contribution in [1.29, 1.82) is 0 Å². The van der Waals surface area contributed by atoms with Gasteiger partial charge in [-0.2, -0.15) is 0 Å². The number of hydrogen-bond acceptors (Lipinski definition) is 4. The zero-order chi connectivity index (χ0) is 16.9. The van der Waals surface area contributed by atoms with Crippen molar-refractivity contribution in [1.82, 2.24) is 10.2 Å². The fraction of sp³-hybridized carbons (Fsp3) is 0.389. The summed E-state index contributed by atoms with van der Waals surface area (Å²) < 4.78 is 6.33. The van der Waals surface area contributed by atoms with E-state index in [2.05, 4.69) is 26.1 Å². The average molecular weight is 393 g/mol. The number of phenolic OH excluding ortho intramolecular Hbond substituents is 1. The summed E-state index contributed by atoms with van der Waals surface area (Å²) in [4.78, 5) is 14.8. The zero-order valence-corrected chi connectivity index (χ0v) is 15.0. The van der Waals surface area contributed by atoms with Gasteiger partial charge in [0.2, 0.25) is 0 Å². The average Bonchev–Trinajstić information content (AvgIpc) is 3.12. The Bertz CT molecular complexity index is 682. The van der Waals surface area contributed by atoms with Crippen molar-refractivity contribution in [3.63, 3.8) is 0 Å². The molecule has 1 aliphatic rings. The van der Waals surface area contributed by atoms with Gasteiger partial charge in [0.25, 0.3) is 5.91 Å². The van der Waals surface area contributed by atoms with Gasteiger partial charge >= 0.3 is 0 Å². The van der Waals surface area contributed by atoms with E-state index < -0.39 is 0 Å². The van der Waals surface area contributed by atoms with E-state index in [0.29, 0.717) is 6.54 Å². The van der Waals surface area contributed by atoms with Crippen molar-refractivity contribution in [3.8, 4) is 5.75 Å². The van der Waals surface area contributed by atoms with Crippen LogP contribution in [0.3, 0.4) is 0 Å². The summed E-state index contributed by atoms with van der Waals surface area (Å²) in [5.74, 6) is 0.543. The molecule has 0 bridgehead atoms. The van der Waals surface area contributed by atoms with E-state index in [1.165, 1.54) is 12.5 Å². The number of phenols is 1. The summed E-state index contributed by atoms with van der Waals surface area (Å²) in [6, 6.07) is 8.65. The number of hydrogen-bond donors (Lipinski definition) is 2. The monoisotopic (exact) mass is 392 g/mol. The molecule has 0 aliphatic carbocycles. The quantitative estimate of drug-likeness (QED) is 0.813. The molecule has 24 heavy (non-hydrogen) atoms. The Morgan fingerprint density at radius 2 is 2.08 bits per heavy atom. The molecule has 3 rings (SSSR count). The van der Waals surface area contributed by atoms with Crippen LogP contribution in [0, 0.1) is 0 Å². The number of carbonyl (C=O) groups excluding carboxylic acids is 1. The van der Waals surface area contributed by atoms with Crippen molar-refractivity contribution in [3.05, 3.63) is 52.4 Å². The molecule has 0 saturated carbocycles. The van der Waals surface area contributed by atoms with Crippen molar-refractivity contribution >= 4 is 21.8 Å². The second-order valence-corrected chi connectivity index (χ2v) is 6.92. The van der Waals surface area contributed by atoms with E-state index in [-0.39, 0.29) is 23.3 Å². The SMILES string of the molecule is O=C(NCC(c1ccco1)N1CCCCC1)c1cc(Br)ccc1O. The van der Waals surface area contributed by atoms with Gasteiger partial charge in [-0.05, 0) is 56.3 Å². The minimum absolute atomic E-state index is 0.0125. The lowest BCUT2D eigenvalue weighted by atomic mass is 10.1. The molecule has 1 unspecified atom stereocenters. The number of benzene rings is 1. The molecule has 1 amide bonds. The lowest BCUT2D eigenvalue weighted by Crippen LogP contribution is -2.40. The second kappa shape index (κ2) is 7.85. The molecule has 128 valence electrons. The number of piperidine rings is 1. The van der Waals surface area contributed by atoms with Crippen LogP contribution in [0.1, 0.15) is 41.4 Å². The van der Waals surface area contributed by atoms with Gasteiger partial charge in [-0.1, -0.05) is 22.4 Å². The van der Waals surface area contributed by atoms with Gasteiger partial charge in [0.05, 0.1) is 17.9 Å². The molecule has 2 N–H and O–H groups in total. The Balaban J connectivity index is 1.71. The van der Waals surface area contributed by atoms with Crippen molar-refractivity contribution in [2.24, 2.45) is 0 Å². The fourth-order valence-electron chi connectivity index (χ4n) is 3.10. The highest BCUT2D eigenvalue weighted by Gasteiger charge is 2.25. The zero-order valence-electron chi connectivity index (χ0n) is 13.4. The van der Waals surface area contributed by atoms with Crippen LogP contribution in [0.15, 0.2) is 45.5 Å². The third-order valence-corrected chi connectivity index (χ3v) is 4.86. The summed E-state index contributed by atoms with van der Waals surface area (Å²) in [5, 5.41) is 12.8. The number of furan rings is 1. The molecule has 1 aromatic carbocycles. The molecule has 5 nitrogen and oxygen atoms in total. The third-order valence-electron chi connectivity index (χ3n) is 4.36. The Hall–Kier alpha value is -1.79. The van der Waals surface area contributed by atoms with Crippen LogP contribution >= 0.6 is 15.9 Å². The Morgan fingerprint density at radius 3 is 2.79 bits per heavy atom. The van der Waals surface area contributed by atoms with Crippen molar-refractivity contribution < 1.29 is 14.3 Å². The lowest BCUT2D eigenvalue weighted by molar-refractivity contribution is 0.0911. The maximum absolute atomic E-state index is 12.4. The number of rotatable bonds is 5. The van der Waals surface area contributed by atoms with Gasteiger partial charge in [-0.15, -0.1) is 0 Å². The topological polar surface area (TPSA) is 65.7 Å². The Labute approximate surface area is 149 Å². The number of carbonyl (C=O) groups is 1.